The highest BCUT2D eigenvalue weighted by molar-refractivity contribution is 5.95. The van der Waals surface area contributed by atoms with Crippen LogP contribution in [0.2, 0.25) is 0 Å². The zero-order valence-electron chi connectivity index (χ0n) is 16.1. The Morgan fingerprint density at radius 3 is 2.60 bits per heavy atom. The Hall–Kier alpha value is -3.10. The van der Waals surface area contributed by atoms with Crippen molar-refractivity contribution in [3.63, 3.8) is 0 Å². The molecule has 1 aromatic heterocycles. The van der Waals surface area contributed by atoms with Gasteiger partial charge in [-0.15, -0.1) is 0 Å². The van der Waals surface area contributed by atoms with Crippen LogP contribution in [0.3, 0.4) is 0 Å². The van der Waals surface area contributed by atoms with Crippen molar-refractivity contribution in [3.8, 4) is 11.4 Å². The molecule has 0 amide bonds. The lowest BCUT2D eigenvalue weighted by Gasteiger charge is -2.24. The molecule has 6 nitrogen and oxygen atoms in total. The number of morpholine rings is 1. The number of ether oxygens (including phenoxy) is 2. The van der Waals surface area contributed by atoms with Crippen LogP contribution in [0.5, 0.6) is 5.75 Å². The largest absolute Gasteiger partial charge is 0.435 e. The molecular formula is C22H21F2N3O3. The third kappa shape index (κ3) is 4.90. The van der Waals surface area contributed by atoms with Crippen molar-refractivity contribution >= 4 is 5.78 Å². The number of nitrogens with one attached hydrogen (secondary N) is 1. The van der Waals surface area contributed by atoms with Gasteiger partial charge in [0.15, 0.2) is 5.78 Å². The lowest BCUT2D eigenvalue weighted by Crippen LogP contribution is -2.33. The number of rotatable bonds is 7. The molecule has 1 N–H and O–H groups in total. The highest BCUT2D eigenvalue weighted by Gasteiger charge is 2.16. The fourth-order valence-corrected chi connectivity index (χ4v) is 3.30. The number of carbonyl (C=O) groups excluding carboxylic acids is 1. The van der Waals surface area contributed by atoms with Gasteiger partial charge in [-0.25, -0.2) is 4.68 Å². The molecule has 0 saturated carbocycles. The van der Waals surface area contributed by atoms with Gasteiger partial charge in [0.25, 0.3) is 0 Å². The first kappa shape index (κ1) is 20.2. The molecule has 1 aliphatic heterocycles. The molecule has 1 saturated heterocycles. The Morgan fingerprint density at radius 1 is 1.17 bits per heavy atom. The summed E-state index contributed by atoms with van der Waals surface area (Å²) in [6.07, 6.45) is 1.94. The van der Waals surface area contributed by atoms with Gasteiger partial charge in [-0.2, -0.15) is 13.9 Å². The molecule has 1 fully saturated rings. The molecule has 0 bridgehead atoms. The highest BCUT2D eigenvalue weighted by Crippen LogP contribution is 2.20. The van der Waals surface area contributed by atoms with Crippen LogP contribution in [0.1, 0.15) is 27.7 Å². The van der Waals surface area contributed by atoms with Gasteiger partial charge in [-0.1, -0.05) is 24.3 Å². The Morgan fingerprint density at radius 2 is 1.93 bits per heavy atom. The zero-order valence-corrected chi connectivity index (χ0v) is 16.1. The third-order valence-corrected chi connectivity index (χ3v) is 4.84. The molecule has 2 aromatic carbocycles. The Bertz CT molecular complexity index is 982. The first-order chi connectivity index (χ1) is 14.6. The maximum atomic E-state index is 12.6. The van der Waals surface area contributed by atoms with E-state index in [1.54, 1.807) is 24.4 Å². The molecule has 4 rings (SSSR count). The number of hydrogen-bond donors (Lipinski definition) is 1. The van der Waals surface area contributed by atoms with Gasteiger partial charge in [0, 0.05) is 25.7 Å². The summed E-state index contributed by atoms with van der Waals surface area (Å²) >= 11 is 0. The summed E-state index contributed by atoms with van der Waals surface area (Å²) in [6, 6.07) is 15.5. The maximum Gasteiger partial charge on any atom is 0.387 e. The number of halogens is 2. The minimum absolute atomic E-state index is 0.0386. The van der Waals surface area contributed by atoms with E-state index in [0.717, 1.165) is 24.2 Å². The fourth-order valence-electron chi connectivity index (χ4n) is 3.30. The number of hydrogen-bond acceptors (Lipinski definition) is 5. The summed E-state index contributed by atoms with van der Waals surface area (Å²) in [6.45, 7) is -0.533. The van der Waals surface area contributed by atoms with E-state index in [2.05, 4.69) is 15.2 Å². The lowest BCUT2D eigenvalue weighted by atomic mass is 10.0. The molecule has 30 heavy (non-hydrogen) atoms. The van der Waals surface area contributed by atoms with E-state index >= 15 is 0 Å². The van der Waals surface area contributed by atoms with Crippen molar-refractivity contribution in [2.45, 2.75) is 19.1 Å². The molecule has 3 aromatic rings. The fraction of sp³-hybridized carbons (Fsp3) is 0.273. The topological polar surface area (TPSA) is 65.4 Å². The van der Waals surface area contributed by atoms with E-state index in [0.29, 0.717) is 18.0 Å². The third-order valence-electron chi connectivity index (χ3n) is 4.84. The summed E-state index contributed by atoms with van der Waals surface area (Å²) in [5.41, 5.74) is 2.96. The standard InChI is InChI=1S/C22H21F2N3O3/c23-22(24)30-18-7-5-17(6-8-18)27-11-9-19(26-27)20(28)13-15-1-3-16(4-2-15)21-14-25-10-12-29-21/h1-9,11,21-22,25H,10,12-14H2/t21-/m0/s1. The van der Waals surface area contributed by atoms with E-state index in [-0.39, 0.29) is 24.1 Å². The molecular weight excluding hydrogens is 392 g/mol. The molecule has 8 heteroatoms. The van der Waals surface area contributed by atoms with Crippen molar-refractivity contribution in [1.82, 2.24) is 15.1 Å². The van der Waals surface area contributed by atoms with E-state index in [1.165, 1.54) is 16.8 Å². The minimum Gasteiger partial charge on any atom is -0.435 e. The Balaban J connectivity index is 1.39. The van der Waals surface area contributed by atoms with Gasteiger partial charge in [0.1, 0.15) is 11.4 Å². The quantitative estimate of drug-likeness (QED) is 0.600. The minimum atomic E-state index is -2.87. The smallest absolute Gasteiger partial charge is 0.387 e. The van der Waals surface area contributed by atoms with Crippen LogP contribution in [0.4, 0.5) is 8.78 Å². The average molecular weight is 413 g/mol. The van der Waals surface area contributed by atoms with Crippen molar-refractivity contribution in [1.29, 1.82) is 0 Å². The summed E-state index contributed by atoms with van der Waals surface area (Å²) in [5, 5.41) is 7.61. The molecule has 0 unspecified atom stereocenters. The SMILES string of the molecule is O=C(Cc1ccc([C@@H]2CNCCO2)cc1)c1ccn(-c2ccc(OC(F)F)cc2)n1. The maximum absolute atomic E-state index is 12.6. The summed E-state index contributed by atoms with van der Waals surface area (Å²) in [4.78, 5) is 12.6. The van der Waals surface area contributed by atoms with E-state index < -0.39 is 6.61 Å². The highest BCUT2D eigenvalue weighted by atomic mass is 19.3. The normalized spacial score (nSPS) is 16.6. The second-order valence-electron chi connectivity index (χ2n) is 6.92. The first-order valence-corrected chi connectivity index (χ1v) is 9.64. The van der Waals surface area contributed by atoms with Gasteiger partial charge in [0.05, 0.1) is 18.4 Å². The zero-order chi connectivity index (χ0) is 20.9. The molecule has 1 atom stereocenters. The van der Waals surface area contributed by atoms with Crippen LogP contribution in [0.25, 0.3) is 5.69 Å². The van der Waals surface area contributed by atoms with Crippen LogP contribution >= 0.6 is 0 Å². The Labute approximate surface area is 172 Å². The monoisotopic (exact) mass is 413 g/mol. The predicted octanol–water partition coefficient (Wildman–Crippen LogP) is 3.56. The first-order valence-electron chi connectivity index (χ1n) is 9.64. The van der Waals surface area contributed by atoms with Crippen molar-refractivity contribution in [2.24, 2.45) is 0 Å². The van der Waals surface area contributed by atoms with Gasteiger partial charge in [0.2, 0.25) is 0 Å². The summed E-state index contributed by atoms with van der Waals surface area (Å²) in [7, 11) is 0. The number of carbonyl (C=O) groups is 1. The molecule has 0 spiro atoms. The number of aromatic nitrogens is 2. The number of benzene rings is 2. The molecule has 2 heterocycles. The molecule has 0 aliphatic carbocycles. The van der Waals surface area contributed by atoms with Crippen LogP contribution in [-0.4, -0.2) is 41.9 Å². The number of nitrogens with zero attached hydrogens (tertiary/aromatic N) is 2. The van der Waals surface area contributed by atoms with Gasteiger partial charge in [-0.05, 0) is 41.5 Å². The van der Waals surface area contributed by atoms with Gasteiger partial charge in [-0.3, -0.25) is 4.79 Å². The lowest BCUT2D eigenvalue weighted by molar-refractivity contribution is -0.0498. The second-order valence-corrected chi connectivity index (χ2v) is 6.92. The van der Waals surface area contributed by atoms with Gasteiger partial charge < -0.3 is 14.8 Å². The number of ketones is 1. The van der Waals surface area contributed by atoms with Crippen LogP contribution in [0, 0.1) is 0 Å². The average Bonchev–Trinajstić information content (AvgIpc) is 3.25. The molecule has 0 radical (unpaired) electrons. The van der Waals surface area contributed by atoms with E-state index in [1.807, 2.05) is 24.3 Å². The van der Waals surface area contributed by atoms with Crippen LogP contribution < -0.4 is 10.1 Å². The Kier molecular flexibility index (Phi) is 6.15. The van der Waals surface area contributed by atoms with E-state index in [9.17, 15) is 13.6 Å². The van der Waals surface area contributed by atoms with Gasteiger partial charge >= 0.3 is 6.61 Å². The number of alkyl halides is 2. The van der Waals surface area contributed by atoms with Crippen molar-refractivity contribution in [2.75, 3.05) is 19.7 Å². The predicted molar refractivity (Wildman–Crippen MR) is 106 cm³/mol. The van der Waals surface area contributed by atoms with Crippen molar-refractivity contribution in [3.05, 3.63) is 77.6 Å². The molecule has 1 aliphatic rings. The summed E-state index contributed by atoms with van der Waals surface area (Å²) < 4.78 is 36.1. The van der Waals surface area contributed by atoms with Crippen LogP contribution in [0.15, 0.2) is 60.8 Å². The summed E-state index contributed by atoms with van der Waals surface area (Å²) in [5.74, 6) is -0.0372. The van der Waals surface area contributed by atoms with Crippen molar-refractivity contribution < 1.29 is 23.0 Å². The number of Topliss-reactive ketones (excluding diaryl/α,β-unsaturated/α-hetero) is 1. The second kappa shape index (κ2) is 9.15. The van der Waals surface area contributed by atoms with E-state index in [4.69, 9.17) is 4.74 Å². The molecule has 156 valence electrons. The van der Waals surface area contributed by atoms with Crippen LogP contribution in [-0.2, 0) is 11.2 Å².